The van der Waals surface area contributed by atoms with Crippen LogP contribution in [0.5, 0.6) is 0 Å². The van der Waals surface area contributed by atoms with Gasteiger partial charge >= 0.3 is 12.2 Å². The summed E-state index contributed by atoms with van der Waals surface area (Å²) in [7, 11) is 0. The van der Waals surface area contributed by atoms with Gasteiger partial charge < -0.3 is 25.8 Å². The van der Waals surface area contributed by atoms with Crippen molar-refractivity contribution < 1.29 is 19.4 Å². The number of fused-ring (bicyclic) bond motifs is 1. The summed E-state index contributed by atoms with van der Waals surface area (Å²) in [4.78, 5) is 27.0. The lowest BCUT2D eigenvalue weighted by Crippen LogP contribution is -2.44. The number of anilines is 3. The minimum atomic E-state index is -0.951. The van der Waals surface area contributed by atoms with Gasteiger partial charge in [-0.3, -0.25) is 4.90 Å². The summed E-state index contributed by atoms with van der Waals surface area (Å²) in [6.07, 6.45) is 1.89. The summed E-state index contributed by atoms with van der Waals surface area (Å²) in [6, 6.07) is 3.85. The lowest BCUT2D eigenvalue weighted by atomic mass is 9.94. The van der Waals surface area contributed by atoms with Crippen LogP contribution in [0.1, 0.15) is 52.5 Å². The number of carbonyl (C=O) groups is 2. The van der Waals surface area contributed by atoms with Gasteiger partial charge in [0, 0.05) is 30.7 Å². The molecule has 0 radical (unpaired) electrons. The van der Waals surface area contributed by atoms with Crippen LogP contribution in [0.2, 0.25) is 0 Å². The van der Waals surface area contributed by atoms with E-state index in [1.807, 2.05) is 39.8 Å². The largest absolute Gasteiger partial charge is 0.465 e. The Morgan fingerprint density at radius 2 is 1.86 bits per heavy atom. The standard InChI is InChI=1S/C21H32N4O4/c1-13-5-6-15-17(25(13)19(26)27)8-7-16(18(15)22)23-14-9-11-24(12-10-14)20(28)29-21(2,3)4/h7-8,13-14,23H,5-6,9-12,22H2,1-4H3,(H,26,27)/t13-/m0/s1. The monoisotopic (exact) mass is 404 g/mol. The van der Waals surface area contributed by atoms with E-state index >= 15 is 0 Å². The van der Waals surface area contributed by atoms with E-state index in [0.717, 1.165) is 36.9 Å². The van der Waals surface area contributed by atoms with Crippen LogP contribution in [0.25, 0.3) is 0 Å². The van der Waals surface area contributed by atoms with Crippen LogP contribution in [0, 0.1) is 0 Å². The predicted molar refractivity (Wildman–Crippen MR) is 114 cm³/mol. The Labute approximate surface area is 172 Å². The van der Waals surface area contributed by atoms with Gasteiger partial charge in [-0.1, -0.05) is 0 Å². The van der Waals surface area contributed by atoms with Crippen LogP contribution in [0.3, 0.4) is 0 Å². The van der Waals surface area contributed by atoms with Crippen molar-refractivity contribution in [3.8, 4) is 0 Å². The lowest BCUT2D eigenvalue weighted by molar-refractivity contribution is 0.0210. The third-order valence-electron chi connectivity index (χ3n) is 5.56. The normalized spacial score (nSPS) is 20.2. The number of rotatable bonds is 2. The molecule has 0 saturated carbocycles. The number of hydrogen-bond acceptors (Lipinski definition) is 5. The maximum atomic E-state index is 12.2. The van der Waals surface area contributed by atoms with E-state index in [9.17, 15) is 14.7 Å². The summed E-state index contributed by atoms with van der Waals surface area (Å²) in [5.74, 6) is 0. The molecular formula is C21H32N4O4. The molecule has 2 aliphatic rings. The molecule has 1 atom stereocenters. The van der Waals surface area contributed by atoms with Gasteiger partial charge in [-0.05, 0) is 65.5 Å². The van der Waals surface area contributed by atoms with Crippen LogP contribution >= 0.6 is 0 Å². The predicted octanol–water partition coefficient (Wildman–Crippen LogP) is 3.90. The molecule has 29 heavy (non-hydrogen) atoms. The Hall–Kier alpha value is -2.64. The number of carboxylic acid groups (broad SMARTS) is 1. The van der Waals surface area contributed by atoms with Crippen LogP contribution in [-0.2, 0) is 11.2 Å². The number of nitrogens with two attached hydrogens (primary N) is 1. The van der Waals surface area contributed by atoms with E-state index in [0.29, 0.717) is 24.5 Å². The Morgan fingerprint density at radius 3 is 2.45 bits per heavy atom. The average Bonchev–Trinajstić information content (AvgIpc) is 2.62. The summed E-state index contributed by atoms with van der Waals surface area (Å²) in [5, 5.41) is 13.0. The van der Waals surface area contributed by atoms with E-state index in [1.165, 1.54) is 4.90 Å². The number of ether oxygens (including phenoxy) is 1. The number of hydrogen-bond donors (Lipinski definition) is 3. The number of likely N-dealkylation sites (tertiary alicyclic amines) is 1. The van der Waals surface area contributed by atoms with Gasteiger partial charge in [0.05, 0.1) is 17.1 Å². The van der Waals surface area contributed by atoms with Crippen molar-refractivity contribution in [2.24, 2.45) is 0 Å². The summed E-state index contributed by atoms with van der Waals surface area (Å²) in [5.41, 5.74) is 8.94. The van der Waals surface area contributed by atoms with Gasteiger partial charge in [-0.25, -0.2) is 9.59 Å². The Balaban J connectivity index is 1.65. The van der Waals surface area contributed by atoms with Crippen molar-refractivity contribution in [2.75, 3.05) is 29.0 Å². The molecule has 8 nitrogen and oxygen atoms in total. The average molecular weight is 405 g/mol. The van der Waals surface area contributed by atoms with E-state index in [2.05, 4.69) is 5.32 Å². The van der Waals surface area contributed by atoms with Crippen molar-refractivity contribution in [3.05, 3.63) is 17.7 Å². The zero-order chi connectivity index (χ0) is 21.3. The summed E-state index contributed by atoms with van der Waals surface area (Å²) < 4.78 is 5.44. The first-order valence-electron chi connectivity index (χ1n) is 10.2. The van der Waals surface area contributed by atoms with Gasteiger partial charge in [-0.15, -0.1) is 0 Å². The van der Waals surface area contributed by atoms with Gasteiger partial charge in [0.15, 0.2) is 0 Å². The third-order valence-corrected chi connectivity index (χ3v) is 5.56. The van der Waals surface area contributed by atoms with Crippen LogP contribution in [0.4, 0.5) is 26.7 Å². The molecule has 8 heteroatoms. The molecular weight excluding hydrogens is 372 g/mol. The number of benzene rings is 1. The Kier molecular flexibility index (Phi) is 5.82. The fourth-order valence-corrected chi connectivity index (χ4v) is 4.03. The SMILES string of the molecule is C[C@H]1CCc2c(ccc(NC3CCN(C(=O)OC(C)(C)C)CC3)c2N)N1C(=O)O. The van der Waals surface area contributed by atoms with Gasteiger partial charge in [0.1, 0.15) is 5.60 Å². The van der Waals surface area contributed by atoms with E-state index in [4.69, 9.17) is 10.5 Å². The first-order valence-corrected chi connectivity index (χ1v) is 10.2. The van der Waals surface area contributed by atoms with Crippen molar-refractivity contribution in [2.45, 2.75) is 71.1 Å². The maximum Gasteiger partial charge on any atom is 0.412 e. The van der Waals surface area contributed by atoms with Crippen LogP contribution in [0.15, 0.2) is 12.1 Å². The van der Waals surface area contributed by atoms with Crippen LogP contribution < -0.4 is 16.0 Å². The van der Waals surface area contributed by atoms with Crippen molar-refractivity contribution >= 4 is 29.2 Å². The Bertz CT molecular complexity index is 782. The third kappa shape index (κ3) is 4.68. The molecule has 0 aliphatic carbocycles. The molecule has 0 bridgehead atoms. The Morgan fingerprint density at radius 1 is 1.21 bits per heavy atom. The molecule has 1 aromatic rings. The number of piperidine rings is 1. The molecule has 2 heterocycles. The van der Waals surface area contributed by atoms with Crippen molar-refractivity contribution in [3.63, 3.8) is 0 Å². The number of carbonyl (C=O) groups excluding carboxylic acids is 1. The maximum absolute atomic E-state index is 12.2. The molecule has 2 aliphatic heterocycles. The highest BCUT2D eigenvalue weighted by molar-refractivity contribution is 5.92. The smallest absolute Gasteiger partial charge is 0.412 e. The first kappa shape index (κ1) is 21.1. The molecule has 1 saturated heterocycles. The quantitative estimate of drug-likeness (QED) is 0.645. The number of nitrogens with one attached hydrogen (secondary N) is 1. The molecule has 1 aromatic carbocycles. The second-order valence-corrected chi connectivity index (χ2v) is 8.95. The van der Waals surface area contributed by atoms with E-state index in [1.54, 1.807) is 4.90 Å². The first-order chi connectivity index (χ1) is 13.6. The second kappa shape index (κ2) is 8.00. The number of nitrogens with zero attached hydrogens (tertiary/aromatic N) is 2. The lowest BCUT2D eigenvalue weighted by Gasteiger charge is -2.36. The topological polar surface area (TPSA) is 108 Å². The van der Waals surface area contributed by atoms with Crippen molar-refractivity contribution in [1.29, 1.82) is 0 Å². The summed E-state index contributed by atoms with van der Waals surface area (Å²) >= 11 is 0. The molecule has 3 rings (SSSR count). The molecule has 0 aromatic heterocycles. The number of nitrogen functional groups attached to an aromatic ring is 1. The highest BCUT2D eigenvalue weighted by Crippen LogP contribution is 2.38. The fraction of sp³-hybridized carbons (Fsp3) is 0.619. The molecule has 4 N–H and O–H groups in total. The molecule has 1 fully saturated rings. The number of amides is 2. The zero-order valence-corrected chi connectivity index (χ0v) is 17.7. The minimum Gasteiger partial charge on any atom is -0.465 e. The van der Waals surface area contributed by atoms with Crippen LogP contribution in [-0.4, -0.2) is 53.0 Å². The zero-order valence-electron chi connectivity index (χ0n) is 17.7. The highest BCUT2D eigenvalue weighted by atomic mass is 16.6. The minimum absolute atomic E-state index is 0.0598. The van der Waals surface area contributed by atoms with Gasteiger partial charge in [-0.2, -0.15) is 0 Å². The van der Waals surface area contributed by atoms with E-state index in [-0.39, 0.29) is 18.2 Å². The fourth-order valence-electron chi connectivity index (χ4n) is 4.03. The van der Waals surface area contributed by atoms with E-state index < -0.39 is 11.7 Å². The van der Waals surface area contributed by atoms with Crippen molar-refractivity contribution in [1.82, 2.24) is 4.90 Å². The molecule has 0 unspecified atom stereocenters. The molecule has 160 valence electrons. The second-order valence-electron chi connectivity index (χ2n) is 8.95. The molecule has 0 spiro atoms. The van der Waals surface area contributed by atoms with Gasteiger partial charge in [0.2, 0.25) is 0 Å². The summed E-state index contributed by atoms with van der Waals surface area (Å²) in [6.45, 7) is 8.76. The molecule has 2 amide bonds. The highest BCUT2D eigenvalue weighted by Gasteiger charge is 2.31. The van der Waals surface area contributed by atoms with Gasteiger partial charge in [0.25, 0.3) is 0 Å².